The van der Waals surface area contributed by atoms with Crippen LogP contribution in [0, 0.1) is 11.3 Å². The SMILES string of the molecule is C=CC(=O)N1CCCC2(CC(C)C2)C1.CC. The summed E-state index contributed by atoms with van der Waals surface area (Å²) in [5, 5.41) is 0. The molecule has 16 heavy (non-hydrogen) atoms. The van der Waals surface area contributed by atoms with E-state index < -0.39 is 0 Å². The molecule has 1 saturated heterocycles. The fraction of sp³-hybridized carbons (Fsp3) is 0.786. The quantitative estimate of drug-likeness (QED) is 0.625. The highest BCUT2D eigenvalue weighted by molar-refractivity contribution is 5.87. The lowest BCUT2D eigenvalue weighted by molar-refractivity contribution is -0.132. The Morgan fingerprint density at radius 3 is 2.56 bits per heavy atom. The van der Waals surface area contributed by atoms with Crippen LogP contribution in [0.3, 0.4) is 0 Å². The number of carbonyl (C=O) groups is 1. The minimum absolute atomic E-state index is 0.114. The summed E-state index contributed by atoms with van der Waals surface area (Å²) in [7, 11) is 0. The van der Waals surface area contributed by atoms with E-state index in [9.17, 15) is 4.79 Å². The van der Waals surface area contributed by atoms with Crippen LogP contribution in [0.5, 0.6) is 0 Å². The van der Waals surface area contributed by atoms with Gasteiger partial charge >= 0.3 is 0 Å². The van der Waals surface area contributed by atoms with E-state index >= 15 is 0 Å². The molecule has 1 spiro atoms. The van der Waals surface area contributed by atoms with Gasteiger partial charge in [0.1, 0.15) is 0 Å². The summed E-state index contributed by atoms with van der Waals surface area (Å²) in [5.74, 6) is 0.984. The van der Waals surface area contributed by atoms with E-state index in [4.69, 9.17) is 0 Å². The van der Waals surface area contributed by atoms with Gasteiger partial charge in [0, 0.05) is 13.1 Å². The average Bonchev–Trinajstić information content (AvgIpc) is 2.29. The molecule has 0 N–H and O–H groups in total. The van der Waals surface area contributed by atoms with Crippen molar-refractivity contribution in [1.82, 2.24) is 4.90 Å². The van der Waals surface area contributed by atoms with Gasteiger partial charge in [-0.3, -0.25) is 4.79 Å². The maximum atomic E-state index is 11.5. The van der Waals surface area contributed by atoms with Crippen LogP contribution in [0.4, 0.5) is 0 Å². The molecule has 0 aromatic rings. The summed E-state index contributed by atoms with van der Waals surface area (Å²) in [5.41, 5.74) is 0.482. The number of hydrogen-bond acceptors (Lipinski definition) is 1. The third kappa shape index (κ3) is 2.66. The summed E-state index contributed by atoms with van der Waals surface area (Å²) in [6.45, 7) is 11.8. The van der Waals surface area contributed by atoms with Crippen molar-refractivity contribution in [3.63, 3.8) is 0 Å². The molecule has 2 nitrogen and oxygen atoms in total. The molecule has 0 unspecified atom stereocenters. The fourth-order valence-corrected chi connectivity index (χ4v) is 3.28. The van der Waals surface area contributed by atoms with Gasteiger partial charge in [0.2, 0.25) is 5.91 Å². The Labute approximate surface area is 99.7 Å². The third-order valence-corrected chi connectivity index (χ3v) is 3.71. The van der Waals surface area contributed by atoms with Crippen molar-refractivity contribution in [2.45, 2.75) is 46.5 Å². The molecule has 1 aliphatic carbocycles. The topological polar surface area (TPSA) is 20.3 Å². The normalized spacial score (nSPS) is 32.4. The Morgan fingerprint density at radius 1 is 1.44 bits per heavy atom. The number of carbonyl (C=O) groups excluding carboxylic acids is 1. The Balaban J connectivity index is 0.000000606. The predicted octanol–water partition coefficient (Wildman–Crippen LogP) is 3.24. The molecule has 1 saturated carbocycles. The third-order valence-electron chi connectivity index (χ3n) is 3.71. The summed E-state index contributed by atoms with van der Waals surface area (Å²) in [6, 6.07) is 0. The summed E-state index contributed by atoms with van der Waals surface area (Å²) in [6.07, 6.45) is 6.56. The summed E-state index contributed by atoms with van der Waals surface area (Å²) in [4.78, 5) is 13.5. The highest BCUT2D eigenvalue weighted by Gasteiger charge is 2.45. The van der Waals surface area contributed by atoms with Crippen molar-refractivity contribution in [2.75, 3.05) is 13.1 Å². The second kappa shape index (κ2) is 5.51. The van der Waals surface area contributed by atoms with Crippen molar-refractivity contribution >= 4 is 5.91 Å². The summed E-state index contributed by atoms with van der Waals surface area (Å²) < 4.78 is 0. The van der Waals surface area contributed by atoms with Crippen molar-refractivity contribution in [3.05, 3.63) is 12.7 Å². The first-order valence-electron chi connectivity index (χ1n) is 6.57. The van der Waals surface area contributed by atoms with E-state index in [0.717, 1.165) is 19.0 Å². The van der Waals surface area contributed by atoms with Gasteiger partial charge in [-0.05, 0) is 43.1 Å². The lowest BCUT2D eigenvalue weighted by atomic mass is 9.59. The zero-order valence-corrected chi connectivity index (χ0v) is 11.0. The summed E-state index contributed by atoms with van der Waals surface area (Å²) >= 11 is 0. The fourth-order valence-electron chi connectivity index (χ4n) is 3.28. The van der Waals surface area contributed by atoms with E-state index in [-0.39, 0.29) is 5.91 Å². The molecule has 0 aromatic heterocycles. The molecule has 2 fully saturated rings. The number of likely N-dealkylation sites (tertiary alicyclic amines) is 1. The molecule has 1 aliphatic heterocycles. The molecule has 0 bridgehead atoms. The molecule has 2 rings (SSSR count). The number of nitrogens with zero attached hydrogens (tertiary/aromatic N) is 1. The first-order chi connectivity index (χ1) is 7.65. The minimum atomic E-state index is 0.114. The van der Waals surface area contributed by atoms with E-state index in [1.165, 1.54) is 31.8 Å². The monoisotopic (exact) mass is 223 g/mol. The second-order valence-corrected chi connectivity index (χ2v) is 5.08. The zero-order valence-electron chi connectivity index (χ0n) is 11.0. The van der Waals surface area contributed by atoms with Crippen molar-refractivity contribution in [3.8, 4) is 0 Å². The Bertz CT molecular complexity index is 248. The molecule has 2 aliphatic rings. The van der Waals surface area contributed by atoms with Crippen LogP contribution in [0.1, 0.15) is 46.5 Å². The predicted molar refractivity (Wildman–Crippen MR) is 68.2 cm³/mol. The number of piperidine rings is 1. The lowest BCUT2D eigenvalue weighted by Crippen LogP contribution is -2.51. The Morgan fingerprint density at radius 2 is 2.06 bits per heavy atom. The van der Waals surface area contributed by atoms with Gasteiger partial charge in [0.05, 0.1) is 0 Å². The highest BCUT2D eigenvalue weighted by Crippen LogP contribution is 2.50. The van der Waals surface area contributed by atoms with Gasteiger partial charge in [0.25, 0.3) is 0 Å². The molecule has 0 atom stereocenters. The maximum Gasteiger partial charge on any atom is 0.245 e. The standard InChI is InChI=1S/C12H19NO.C2H6/c1-3-11(14)13-6-4-5-12(9-13)7-10(2)8-12;1-2/h3,10H,1,4-9H2,2H3;1-2H3. The average molecular weight is 223 g/mol. The van der Waals surface area contributed by atoms with Crippen LogP contribution in [0.25, 0.3) is 0 Å². The first-order valence-corrected chi connectivity index (χ1v) is 6.57. The number of hydrogen-bond donors (Lipinski definition) is 0. The molecule has 92 valence electrons. The Kier molecular flexibility index (Phi) is 4.57. The molecule has 0 radical (unpaired) electrons. The van der Waals surface area contributed by atoms with Crippen LogP contribution >= 0.6 is 0 Å². The molecular formula is C14H25NO. The molecule has 1 heterocycles. The van der Waals surface area contributed by atoms with Crippen LogP contribution in [-0.2, 0) is 4.79 Å². The van der Waals surface area contributed by atoms with Gasteiger partial charge in [-0.1, -0.05) is 27.4 Å². The van der Waals surface area contributed by atoms with E-state index in [1.54, 1.807) is 0 Å². The van der Waals surface area contributed by atoms with Gasteiger partial charge in [-0.15, -0.1) is 0 Å². The van der Waals surface area contributed by atoms with Crippen LogP contribution in [0.15, 0.2) is 12.7 Å². The smallest absolute Gasteiger partial charge is 0.245 e. The largest absolute Gasteiger partial charge is 0.339 e. The van der Waals surface area contributed by atoms with E-state index in [1.807, 2.05) is 18.7 Å². The van der Waals surface area contributed by atoms with E-state index in [0.29, 0.717) is 5.41 Å². The van der Waals surface area contributed by atoms with Crippen molar-refractivity contribution in [1.29, 1.82) is 0 Å². The molecular weight excluding hydrogens is 198 g/mol. The van der Waals surface area contributed by atoms with Crippen LogP contribution in [0.2, 0.25) is 0 Å². The van der Waals surface area contributed by atoms with Crippen molar-refractivity contribution < 1.29 is 4.79 Å². The molecule has 2 heteroatoms. The molecule has 1 amide bonds. The Hall–Kier alpha value is -0.790. The van der Waals surface area contributed by atoms with Crippen LogP contribution in [-0.4, -0.2) is 23.9 Å². The molecule has 0 aromatic carbocycles. The number of rotatable bonds is 1. The zero-order chi connectivity index (χ0) is 12.2. The van der Waals surface area contributed by atoms with Gasteiger partial charge in [0.15, 0.2) is 0 Å². The van der Waals surface area contributed by atoms with E-state index in [2.05, 4.69) is 13.5 Å². The highest BCUT2D eigenvalue weighted by atomic mass is 16.2. The lowest BCUT2D eigenvalue weighted by Gasteiger charge is -2.52. The second-order valence-electron chi connectivity index (χ2n) is 5.08. The minimum Gasteiger partial charge on any atom is -0.339 e. The number of amides is 1. The van der Waals surface area contributed by atoms with Crippen molar-refractivity contribution in [2.24, 2.45) is 11.3 Å². The van der Waals surface area contributed by atoms with Gasteiger partial charge in [-0.2, -0.15) is 0 Å². The maximum absolute atomic E-state index is 11.5. The van der Waals surface area contributed by atoms with Gasteiger partial charge < -0.3 is 4.90 Å². The van der Waals surface area contributed by atoms with Crippen LogP contribution < -0.4 is 0 Å². The first kappa shape index (κ1) is 13.3. The van der Waals surface area contributed by atoms with Gasteiger partial charge in [-0.25, -0.2) is 0 Å².